The second-order valence-electron chi connectivity index (χ2n) is 5.91. The van der Waals surface area contributed by atoms with Gasteiger partial charge in [0.25, 0.3) is 5.91 Å². The zero-order chi connectivity index (χ0) is 20.7. The molecule has 28 heavy (non-hydrogen) atoms. The maximum atomic E-state index is 12.6. The second-order valence-corrected chi connectivity index (χ2v) is 7.01. The molecule has 5 nitrogen and oxygen atoms in total. The fraction of sp³-hybridized carbons (Fsp3) is 0.136. The minimum atomic E-state index is -0.344. The molecule has 0 radical (unpaired) electrons. The highest BCUT2D eigenvalue weighted by atomic mass is 32.2. The summed E-state index contributed by atoms with van der Waals surface area (Å²) in [6, 6.07) is 13.5. The third-order valence-electron chi connectivity index (χ3n) is 4.04. The number of carbonyl (C=O) groups is 3. The first-order valence-electron chi connectivity index (χ1n) is 8.67. The lowest BCUT2D eigenvalue weighted by molar-refractivity contribution is -0.118. The van der Waals surface area contributed by atoms with Crippen LogP contribution in [0.4, 0.5) is 11.4 Å². The quantitative estimate of drug-likeness (QED) is 0.680. The molecule has 6 heteroatoms. The van der Waals surface area contributed by atoms with Gasteiger partial charge < -0.3 is 10.2 Å². The summed E-state index contributed by atoms with van der Waals surface area (Å²) in [5, 5.41) is 2.55. The highest BCUT2D eigenvalue weighted by Crippen LogP contribution is 2.26. The van der Waals surface area contributed by atoms with E-state index in [2.05, 4.69) is 18.5 Å². The normalized spacial score (nSPS) is 10.1. The van der Waals surface area contributed by atoms with Crippen molar-refractivity contribution in [3.63, 3.8) is 0 Å². The molecule has 2 rings (SSSR count). The number of carbonyl (C=O) groups excluding carboxylic acids is 3. The number of allylic oxidation sites excluding steroid dienone is 1. The average Bonchev–Trinajstić information content (AvgIpc) is 2.72. The summed E-state index contributed by atoms with van der Waals surface area (Å²) in [4.78, 5) is 38.9. The van der Waals surface area contributed by atoms with Gasteiger partial charge in [-0.2, -0.15) is 0 Å². The Hall–Kier alpha value is -3.12. The summed E-state index contributed by atoms with van der Waals surface area (Å²) in [6.07, 6.45) is 1.91. The van der Waals surface area contributed by atoms with E-state index >= 15 is 0 Å². The standard InChI is InChI=1S/C22H22N2O3S/c1-5-15(3)28-22(27)18-9-7-8-10-19(18)23-21(26)16-11-13-17(14-12-16)24(4)20(25)6-2/h5,7-14H,1,3,6H2,2,4H3,(H,23,26). The SMILES string of the molecule is C=CC(=C)SC(=O)c1ccccc1NC(=O)c1ccc(N(C)C(=O)CC)cc1. The molecule has 0 spiro atoms. The van der Waals surface area contributed by atoms with Gasteiger partial charge in [0.1, 0.15) is 0 Å². The minimum Gasteiger partial charge on any atom is -0.321 e. The van der Waals surface area contributed by atoms with Crippen LogP contribution in [0.15, 0.2) is 72.7 Å². The lowest BCUT2D eigenvalue weighted by Gasteiger charge is -2.16. The van der Waals surface area contributed by atoms with E-state index in [1.807, 2.05) is 0 Å². The molecule has 2 aromatic rings. The number of nitrogens with zero attached hydrogens (tertiary/aromatic N) is 1. The number of thioether (sulfide) groups is 1. The van der Waals surface area contributed by atoms with Crippen LogP contribution in [0, 0.1) is 0 Å². The fourth-order valence-corrected chi connectivity index (χ4v) is 3.01. The average molecular weight is 394 g/mol. The topological polar surface area (TPSA) is 66.5 Å². The monoisotopic (exact) mass is 394 g/mol. The third-order valence-corrected chi connectivity index (χ3v) is 4.87. The Kier molecular flexibility index (Phi) is 7.35. The number of rotatable bonds is 7. The highest BCUT2D eigenvalue weighted by molar-refractivity contribution is 8.17. The molecule has 0 aliphatic heterocycles. The Labute approximate surface area is 169 Å². The van der Waals surface area contributed by atoms with Gasteiger partial charge in [-0.15, -0.1) is 0 Å². The van der Waals surface area contributed by atoms with E-state index in [4.69, 9.17) is 0 Å². The highest BCUT2D eigenvalue weighted by Gasteiger charge is 2.16. The Morgan fingerprint density at radius 3 is 2.36 bits per heavy atom. The molecular weight excluding hydrogens is 372 g/mol. The van der Waals surface area contributed by atoms with Gasteiger partial charge in [-0.25, -0.2) is 0 Å². The van der Waals surface area contributed by atoms with Crippen molar-refractivity contribution in [1.29, 1.82) is 0 Å². The zero-order valence-electron chi connectivity index (χ0n) is 15.9. The summed E-state index contributed by atoms with van der Waals surface area (Å²) in [7, 11) is 1.69. The van der Waals surface area contributed by atoms with Crippen molar-refractivity contribution in [2.45, 2.75) is 13.3 Å². The summed E-state index contributed by atoms with van der Waals surface area (Å²) in [5.74, 6) is -0.355. The molecule has 0 saturated carbocycles. The Morgan fingerprint density at radius 1 is 1.11 bits per heavy atom. The Morgan fingerprint density at radius 2 is 1.75 bits per heavy atom. The molecule has 0 bridgehead atoms. The van der Waals surface area contributed by atoms with Crippen LogP contribution in [0.1, 0.15) is 34.1 Å². The smallest absolute Gasteiger partial charge is 0.255 e. The van der Waals surface area contributed by atoms with Crippen molar-refractivity contribution >= 4 is 40.1 Å². The van der Waals surface area contributed by atoms with Gasteiger partial charge in [0.2, 0.25) is 11.0 Å². The first kappa shape index (κ1) is 21.2. The number of hydrogen-bond donors (Lipinski definition) is 1. The largest absolute Gasteiger partial charge is 0.321 e. The van der Waals surface area contributed by atoms with E-state index in [-0.39, 0.29) is 16.9 Å². The Bertz CT molecular complexity index is 920. The van der Waals surface area contributed by atoms with Crippen LogP contribution in [-0.2, 0) is 4.79 Å². The van der Waals surface area contributed by atoms with Crippen molar-refractivity contribution in [3.05, 3.63) is 83.8 Å². The summed E-state index contributed by atoms with van der Waals surface area (Å²) < 4.78 is 0. The number of amides is 2. The van der Waals surface area contributed by atoms with Crippen LogP contribution in [0.5, 0.6) is 0 Å². The van der Waals surface area contributed by atoms with Crippen molar-refractivity contribution in [2.75, 3.05) is 17.3 Å². The molecule has 1 N–H and O–H groups in total. The van der Waals surface area contributed by atoms with Crippen LogP contribution in [0.3, 0.4) is 0 Å². The first-order chi connectivity index (χ1) is 13.4. The fourth-order valence-electron chi connectivity index (χ4n) is 2.40. The van der Waals surface area contributed by atoms with E-state index in [0.717, 1.165) is 11.8 Å². The summed E-state index contributed by atoms with van der Waals surface area (Å²) in [5.41, 5.74) is 1.93. The zero-order valence-corrected chi connectivity index (χ0v) is 16.7. The van der Waals surface area contributed by atoms with Crippen LogP contribution < -0.4 is 10.2 Å². The molecule has 0 fully saturated rings. The van der Waals surface area contributed by atoms with Crippen LogP contribution >= 0.6 is 11.8 Å². The van der Waals surface area contributed by atoms with Gasteiger partial charge in [-0.3, -0.25) is 14.4 Å². The summed E-state index contributed by atoms with van der Waals surface area (Å²) in [6.45, 7) is 9.11. The van der Waals surface area contributed by atoms with Crippen LogP contribution in [0.2, 0.25) is 0 Å². The second kappa shape index (κ2) is 9.71. The van der Waals surface area contributed by atoms with E-state index < -0.39 is 0 Å². The van der Waals surface area contributed by atoms with Gasteiger partial charge in [-0.1, -0.05) is 38.3 Å². The van der Waals surface area contributed by atoms with Crippen molar-refractivity contribution in [3.8, 4) is 0 Å². The van der Waals surface area contributed by atoms with Gasteiger partial charge >= 0.3 is 0 Å². The molecule has 0 aliphatic rings. The van der Waals surface area contributed by atoms with Gasteiger partial charge in [0, 0.05) is 29.6 Å². The van der Waals surface area contributed by atoms with Gasteiger partial charge in [0.15, 0.2) is 0 Å². The molecule has 0 aliphatic carbocycles. The molecule has 0 heterocycles. The maximum Gasteiger partial charge on any atom is 0.255 e. The van der Waals surface area contributed by atoms with E-state index in [0.29, 0.717) is 33.8 Å². The number of anilines is 2. The summed E-state index contributed by atoms with van der Waals surface area (Å²) >= 11 is 0.960. The third kappa shape index (κ3) is 5.20. The molecule has 0 saturated heterocycles. The molecule has 0 unspecified atom stereocenters. The van der Waals surface area contributed by atoms with Crippen molar-refractivity contribution < 1.29 is 14.4 Å². The van der Waals surface area contributed by atoms with Gasteiger partial charge in [-0.05, 0) is 48.2 Å². The number of nitrogens with one attached hydrogen (secondary N) is 1. The lowest BCUT2D eigenvalue weighted by atomic mass is 10.1. The molecule has 2 aromatic carbocycles. The predicted molar refractivity (Wildman–Crippen MR) is 116 cm³/mol. The van der Waals surface area contributed by atoms with Gasteiger partial charge in [0.05, 0.1) is 11.3 Å². The first-order valence-corrected chi connectivity index (χ1v) is 9.49. The predicted octanol–water partition coefficient (Wildman–Crippen LogP) is 4.88. The van der Waals surface area contributed by atoms with E-state index in [1.165, 1.54) is 6.08 Å². The van der Waals surface area contributed by atoms with E-state index in [1.54, 1.807) is 67.4 Å². The lowest BCUT2D eigenvalue weighted by Crippen LogP contribution is -2.25. The number of para-hydroxylation sites is 1. The Balaban J connectivity index is 2.17. The number of benzene rings is 2. The van der Waals surface area contributed by atoms with Crippen molar-refractivity contribution in [2.24, 2.45) is 0 Å². The van der Waals surface area contributed by atoms with Crippen LogP contribution in [-0.4, -0.2) is 24.0 Å². The molecule has 0 aromatic heterocycles. The molecule has 0 atom stereocenters. The van der Waals surface area contributed by atoms with Crippen LogP contribution in [0.25, 0.3) is 0 Å². The van der Waals surface area contributed by atoms with E-state index in [9.17, 15) is 14.4 Å². The molecule has 144 valence electrons. The molecular formula is C22H22N2O3S. The number of hydrogen-bond acceptors (Lipinski definition) is 4. The maximum absolute atomic E-state index is 12.6. The minimum absolute atomic E-state index is 0.0109. The molecule has 2 amide bonds. The van der Waals surface area contributed by atoms with Crippen molar-refractivity contribution in [1.82, 2.24) is 0 Å².